The van der Waals surface area contributed by atoms with E-state index in [0.717, 1.165) is 44.1 Å². The Balaban J connectivity index is 0.00000148. The zero-order chi connectivity index (χ0) is 26.0. The molecule has 0 radical (unpaired) electrons. The molecule has 0 bridgehead atoms. The summed E-state index contributed by atoms with van der Waals surface area (Å²) in [6.45, 7) is 8.57. The van der Waals surface area contributed by atoms with Crippen LogP contribution in [0.3, 0.4) is 0 Å². The van der Waals surface area contributed by atoms with Crippen LogP contribution in [0.25, 0.3) is 10.9 Å². The maximum Gasteiger partial charge on any atom is 0.261 e. The number of benzene rings is 2. The third-order valence-corrected chi connectivity index (χ3v) is 7.73. The van der Waals surface area contributed by atoms with Gasteiger partial charge in [0.2, 0.25) is 0 Å². The molecule has 1 aliphatic heterocycles. The van der Waals surface area contributed by atoms with Crippen molar-refractivity contribution in [3.05, 3.63) is 69.8 Å². The van der Waals surface area contributed by atoms with Crippen molar-refractivity contribution in [2.24, 2.45) is 5.41 Å². The van der Waals surface area contributed by atoms with Crippen molar-refractivity contribution in [1.29, 1.82) is 0 Å². The van der Waals surface area contributed by atoms with Crippen LogP contribution in [0.1, 0.15) is 55.6 Å². The topological polar surface area (TPSA) is 79.3 Å². The second kappa shape index (κ2) is 10.7. The lowest BCUT2D eigenvalue weighted by molar-refractivity contribution is 0.00590. The molecule has 2 N–H and O–H groups in total. The van der Waals surface area contributed by atoms with Crippen molar-refractivity contribution in [1.82, 2.24) is 19.2 Å². The summed E-state index contributed by atoms with van der Waals surface area (Å²) in [7, 11) is 1.81. The summed E-state index contributed by atoms with van der Waals surface area (Å²) in [4.78, 5) is 30.7. The minimum atomic E-state index is -0.973. The van der Waals surface area contributed by atoms with Crippen LogP contribution in [0.2, 0.25) is 0 Å². The standard InChI is InChI=1S/C24H25F2N5O2S.C2H6/c1-3-30(2)34-29-19-7-5-17(25)20(21(19)26)22(32)14-4-6-18-16(8-14)23(33)31(13-28-18)15-9-24(10-15)11-27-12-24;1-2/h4-8,13,15,27,29H,3,9-12H2,1-2H3;1-2H3. The molecule has 2 aromatic carbocycles. The zero-order valence-corrected chi connectivity index (χ0v) is 21.7. The van der Waals surface area contributed by atoms with Gasteiger partial charge in [0, 0.05) is 43.4 Å². The number of fused-ring (bicyclic) bond motifs is 1. The van der Waals surface area contributed by atoms with Crippen molar-refractivity contribution in [2.45, 2.75) is 39.7 Å². The molecule has 2 fully saturated rings. The number of carbonyl (C=O) groups is 1. The molecular weight excluding hydrogens is 484 g/mol. The van der Waals surface area contributed by atoms with Gasteiger partial charge in [0.05, 0.1) is 28.5 Å². The first kappa shape index (κ1) is 26.2. The summed E-state index contributed by atoms with van der Waals surface area (Å²) < 4.78 is 35.9. The number of anilines is 1. The fourth-order valence-electron chi connectivity index (χ4n) is 4.62. The third kappa shape index (κ3) is 4.77. The van der Waals surface area contributed by atoms with Crippen LogP contribution < -0.4 is 15.6 Å². The minimum Gasteiger partial charge on any atom is -0.316 e. The summed E-state index contributed by atoms with van der Waals surface area (Å²) in [6.07, 6.45) is 3.37. The van der Waals surface area contributed by atoms with Gasteiger partial charge in [-0.3, -0.25) is 14.2 Å². The molecule has 1 aliphatic carbocycles. The normalized spacial score (nSPS) is 16.3. The Morgan fingerprint density at radius 1 is 1.25 bits per heavy atom. The quantitative estimate of drug-likeness (QED) is 0.346. The van der Waals surface area contributed by atoms with Gasteiger partial charge < -0.3 is 10.0 Å². The van der Waals surface area contributed by atoms with Crippen LogP contribution >= 0.6 is 12.1 Å². The fourth-order valence-corrected chi connectivity index (χ4v) is 5.16. The van der Waals surface area contributed by atoms with E-state index in [0.29, 0.717) is 12.1 Å². The van der Waals surface area contributed by atoms with E-state index < -0.39 is 23.0 Å². The van der Waals surface area contributed by atoms with Crippen LogP contribution in [0.5, 0.6) is 0 Å². The van der Waals surface area contributed by atoms with Crippen molar-refractivity contribution < 1.29 is 13.6 Å². The van der Waals surface area contributed by atoms with Gasteiger partial charge in [0.15, 0.2) is 11.6 Å². The number of rotatable bonds is 7. The number of hydrogen-bond acceptors (Lipinski definition) is 7. The monoisotopic (exact) mass is 515 g/mol. The van der Waals surface area contributed by atoms with Crippen molar-refractivity contribution in [3.8, 4) is 0 Å². The molecule has 1 saturated carbocycles. The van der Waals surface area contributed by atoms with Gasteiger partial charge in [-0.25, -0.2) is 18.1 Å². The highest BCUT2D eigenvalue weighted by Gasteiger charge is 2.49. The molecule has 2 aliphatic rings. The first-order valence-electron chi connectivity index (χ1n) is 12.2. The first-order chi connectivity index (χ1) is 17.3. The minimum absolute atomic E-state index is 0.00394. The molecule has 192 valence electrons. The smallest absolute Gasteiger partial charge is 0.261 e. The van der Waals surface area contributed by atoms with Crippen LogP contribution in [-0.4, -0.2) is 46.3 Å². The summed E-state index contributed by atoms with van der Waals surface area (Å²) in [6, 6.07) is 6.75. The number of nitrogens with one attached hydrogen (secondary N) is 2. The Morgan fingerprint density at radius 2 is 1.97 bits per heavy atom. The van der Waals surface area contributed by atoms with Crippen molar-refractivity contribution >= 4 is 34.5 Å². The van der Waals surface area contributed by atoms with Gasteiger partial charge in [-0.15, -0.1) is 0 Å². The molecular formula is C26H31F2N5O2S. The van der Waals surface area contributed by atoms with E-state index in [9.17, 15) is 14.0 Å². The number of carbonyl (C=O) groups excluding carboxylic acids is 1. The average molecular weight is 516 g/mol. The first-order valence-corrected chi connectivity index (χ1v) is 13.0. The molecule has 1 spiro atoms. The Morgan fingerprint density at radius 3 is 2.61 bits per heavy atom. The van der Waals surface area contributed by atoms with Crippen molar-refractivity contribution in [3.63, 3.8) is 0 Å². The Bertz CT molecular complexity index is 1330. The largest absolute Gasteiger partial charge is 0.316 e. The molecule has 2 heterocycles. The van der Waals surface area contributed by atoms with Gasteiger partial charge in [0.25, 0.3) is 5.56 Å². The molecule has 1 saturated heterocycles. The summed E-state index contributed by atoms with van der Waals surface area (Å²) in [5.41, 5.74) is -0.147. The lowest BCUT2D eigenvalue weighted by atomic mass is 9.61. The van der Waals surface area contributed by atoms with Gasteiger partial charge in [0.1, 0.15) is 5.82 Å². The van der Waals surface area contributed by atoms with Gasteiger partial charge in [-0.2, -0.15) is 0 Å². The molecule has 5 rings (SSSR count). The van der Waals surface area contributed by atoms with Gasteiger partial charge >= 0.3 is 0 Å². The number of nitrogens with zero attached hydrogens (tertiary/aromatic N) is 3. The highest BCUT2D eigenvalue weighted by Crippen LogP contribution is 2.50. The van der Waals surface area contributed by atoms with Crippen LogP contribution in [-0.2, 0) is 0 Å². The molecule has 10 heteroatoms. The van der Waals surface area contributed by atoms with E-state index in [1.54, 1.807) is 10.9 Å². The zero-order valence-electron chi connectivity index (χ0n) is 20.9. The fraction of sp³-hybridized carbons (Fsp3) is 0.423. The number of ketones is 1. The maximum absolute atomic E-state index is 15.1. The van der Waals surface area contributed by atoms with Crippen molar-refractivity contribution in [2.75, 3.05) is 31.4 Å². The lowest BCUT2D eigenvalue weighted by Crippen LogP contribution is -2.61. The molecule has 0 unspecified atom stereocenters. The van der Waals surface area contributed by atoms with E-state index in [-0.39, 0.29) is 33.7 Å². The van der Waals surface area contributed by atoms with Gasteiger partial charge in [-0.1, -0.05) is 20.8 Å². The molecule has 7 nitrogen and oxygen atoms in total. The third-order valence-electron chi connectivity index (χ3n) is 6.85. The average Bonchev–Trinajstić information content (AvgIpc) is 2.84. The number of halogens is 2. The maximum atomic E-state index is 15.1. The number of hydrogen-bond donors (Lipinski definition) is 2. The Hall–Kier alpha value is -2.82. The summed E-state index contributed by atoms with van der Waals surface area (Å²) in [5, 5.41) is 3.54. The molecule has 3 aromatic rings. The summed E-state index contributed by atoms with van der Waals surface area (Å²) >= 11 is 1.14. The van der Waals surface area contributed by atoms with E-state index in [2.05, 4.69) is 15.0 Å². The second-order valence-corrected chi connectivity index (χ2v) is 10.1. The van der Waals surface area contributed by atoms with E-state index in [4.69, 9.17) is 0 Å². The van der Waals surface area contributed by atoms with E-state index in [1.807, 2.05) is 32.1 Å². The molecule has 36 heavy (non-hydrogen) atoms. The van der Waals surface area contributed by atoms with Crippen LogP contribution in [0.4, 0.5) is 14.5 Å². The lowest BCUT2D eigenvalue weighted by Gasteiger charge is -2.54. The molecule has 0 atom stereocenters. The highest BCUT2D eigenvalue weighted by atomic mass is 32.2. The second-order valence-electron chi connectivity index (χ2n) is 9.11. The van der Waals surface area contributed by atoms with E-state index >= 15 is 4.39 Å². The highest BCUT2D eigenvalue weighted by molar-refractivity contribution is 7.98. The molecule has 0 amide bonds. The van der Waals surface area contributed by atoms with Gasteiger partial charge in [-0.05, 0) is 55.6 Å². The Labute approximate surface area is 213 Å². The Kier molecular flexibility index (Phi) is 7.77. The van der Waals surface area contributed by atoms with Crippen LogP contribution in [0.15, 0.2) is 41.5 Å². The predicted octanol–water partition coefficient (Wildman–Crippen LogP) is 4.78. The number of aromatic nitrogens is 2. The van der Waals surface area contributed by atoms with E-state index in [1.165, 1.54) is 24.3 Å². The molecule has 1 aromatic heterocycles. The summed E-state index contributed by atoms with van der Waals surface area (Å²) in [5.74, 6) is -2.76. The van der Waals surface area contributed by atoms with Crippen LogP contribution in [0, 0.1) is 17.0 Å². The SMILES string of the molecule is CC.CCN(C)SNc1ccc(F)c(C(=O)c2ccc3ncn(C4CC5(CNC5)C4)c(=O)c3c2)c1F. The predicted molar refractivity (Wildman–Crippen MR) is 140 cm³/mol.